The van der Waals surface area contributed by atoms with E-state index in [0.717, 1.165) is 31.7 Å². The molecule has 38 heavy (non-hydrogen) atoms. The molecule has 1 fully saturated rings. The molecule has 5 rings (SSSR count). The minimum absolute atomic E-state index is 0.0252. The molecule has 1 saturated heterocycles. The maximum absolute atomic E-state index is 13.6. The van der Waals surface area contributed by atoms with Gasteiger partial charge in [0.2, 0.25) is 11.8 Å². The number of hydrogen-bond donors (Lipinski definition) is 1. The Balaban J connectivity index is 1.50. The number of esters is 1. The third-order valence-corrected chi connectivity index (χ3v) is 7.66. The minimum atomic E-state index is -0.672. The van der Waals surface area contributed by atoms with Gasteiger partial charge in [-0.2, -0.15) is 9.78 Å². The molecule has 0 aliphatic carbocycles. The summed E-state index contributed by atoms with van der Waals surface area (Å²) < 4.78 is 7.12. The molecule has 2 aromatic heterocycles. The fourth-order valence-corrected chi connectivity index (χ4v) is 5.60. The summed E-state index contributed by atoms with van der Waals surface area (Å²) in [4.78, 5) is 53.9. The van der Waals surface area contributed by atoms with Gasteiger partial charge in [-0.1, -0.05) is 28.1 Å². The first-order valence-electron chi connectivity index (χ1n) is 11.9. The Morgan fingerprint density at radius 3 is 2.63 bits per heavy atom. The van der Waals surface area contributed by atoms with Crippen molar-refractivity contribution in [3.63, 3.8) is 0 Å². The van der Waals surface area contributed by atoms with Crippen LogP contribution in [-0.2, 0) is 14.3 Å². The van der Waals surface area contributed by atoms with Gasteiger partial charge in [0.1, 0.15) is 5.00 Å². The zero-order valence-electron chi connectivity index (χ0n) is 20.6. The van der Waals surface area contributed by atoms with Crippen molar-refractivity contribution in [1.29, 1.82) is 0 Å². The highest BCUT2D eigenvalue weighted by molar-refractivity contribution is 9.10. The largest absolute Gasteiger partial charge is 0.461 e. The van der Waals surface area contributed by atoms with E-state index in [2.05, 4.69) is 26.3 Å². The first-order valence-corrected chi connectivity index (χ1v) is 13.6. The van der Waals surface area contributed by atoms with E-state index < -0.39 is 17.4 Å². The van der Waals surface area contributed by atoms with Crippen LogP contribution in [0.3, 0.4) is 0 Å². The fraction of sp³-hybridized carbons (Fsp3) is 0.222. The summed E-state index contributed by atoms with van der Waals surface area (Å²) >= 11 is 4.49. The number of amides is 2. The van der Waals surface area contributed by atoms with Crippen molar-refractivity contribution in [1.82, 2.24) is 9.78 Å². The number of hydrogen-bond acceptors (Lipinski definition) is 7. The van der Waals surface area contributed by atoms with Gasteiger partial charge in [-0.25, -0.2) is 4.79 Å². The number of carbonyl (C=O) groups excluding carboxylic acids is 3. The van der Waals surface area contributed by atoms with Gasteiger partial charge < -0.3 is 15.0 Å². The SMILES string of the molecule is CCOC(=O)c1nn(-c2ccc(Br)cc2)c(=O)c2c(NC(=O)C3CC(=O)N(c4cccc(C)c4)C3)scc12. The summed E-state index contributed by atoms with van der Waals surface area (Å²) in [6.45, 7) is 4.00. The molecule has 9 nitrogen and oxygen atoms in total. The van der Waals surface area contributed by atoms with Crippen LogP contribution in [0.5, 0.6) is 0 Å². The Kier molecular flexibility index (Phi) is 7.13. The predicted molar refractivity (Wildman–Crippen MR) is 149 cm³/mol. The Labute approximate surface area is 230 Å². The van der Waals surface area contributed by atoms with Crippen molar-refractivity contribution in [2.75, 3.05) is 23.4 Å². The molecular weight excluding hydrogens is 572 g/mol. The molecule has 1 atom stereocenters. The Morgan fingerprint density at radius 1 is 1.16 bits per heavy atom. The number of aromatic nitrogens is 2. The monoisotopic (exact) mass is 594 g/mol. The number of nitrogens with zero attached hydrogens (tertiary/aromatic N) is 3. The normalized spacial score (nSPS) is 15.2. The molecule has 1 N–H and O–H groups in total. The number of ether oxygens (including phenoxy) is 1. The number of fused-ring (bicyclic) bond motifs is 1. The molecule has 194 valence electrons. The lowest BCUT2D eigenvalue weighted by atomic mass is 10.1. The van der Waals surface area contributed by atoms with E-state index in [4.69, 9.17) is 4.74 Å². The number of nitrogens with one attached hydrogen (secondary N) is 1. The van der Waals surface area contributed by atoms with Crippen molar-refractivity contribution in [3.05, 3.63) is 80.0 Å². The molecule has 4 aromatic rings. The zero-order chi connectivity index (χ0) is 27.0. The average Bonchev–Trinajstić information content (AvgIpc) is 3.49. The van der Waals surface area contributed by atoms with E-state index in [0.29, 0.717) is 11.1 Å². The maximum Gasteiger partial charge on any atom is 0.359 e. The summed E-state index contributed by atoms with van der Waals surface area (Å²) in [6.07, 6.45) is 0.0574. The number of thiophene rings is 1. The van der Waals surface area contributed by atoms with Crippen LogP contribution in [0.15, 0.2) is 63.2 Å². The zero-order valence-corrected chi connectivity index (χ0v) is 23.0. The first-order chi connectivity index (χ1) is 18.3. The Morgan fingerprint density at radius 2 is 1.92 bits per heavy atom. The molecule has 1 aliphatic rings. The van der Waals surface area contributed by atoms with Crippen molar-refractivity contribution in [2.24, 2.45) is 5.92 Å². The van der Waals surface area contributed by atoms with Gasteiger partial charge in [-0.15, -0.1) is 11.3 Å². The van der Waals surface area contributed by atoms with E-state index in [-0.39, 0.29) is 47.5 Å². The van der Waals surface area contributed by atoms with Crippen LogP contribution in [0.2, 0.25) is 0 Å². The molecule has 1 aliphatic heterocycles. The van der Waals surface area contributed by atoms with E-state index in [9.17, 15) is 19.2 Å². The van der Waals surface area contributed by atoms with E-state index >= 15 is 0 Å². The van der Waals surface area contributed by atoms with Gasteiger partial charge in [0.05, 0.1) is 23.6 Å². The van der Waals surface area contributed by atoms with Gasteiger partial charge in [0.15, 0.2) is 5.69 Å². The molecule has 0 bridgehead atoms. The molecule has 11 heteroatoms. The second-order valence-corrected chi connectivity index (χ2v) is 10.6. The minimum Gasteiger partial charge on any atom is -0.461 e. The average molecular weight is 595 g/mol. The van der Waals surface area contributed by atoms with Crippen molar-refractivity contribution in [3.8, 4) is 5.69 Å². The summed E-state index contributed by atoms with van der Waals surface area (Å²) in [5.74, 6) is -1.78. The highest BCUT2D eigenvalue weighted by atomic mass is 79.9. The van der Waals surface area contributed by atoms with Gasteiger partial charge in [-0.3, -0.25) is 14.4 Å². The second-order valence-electron chi connectivity index (χ2n) is 8.85. The van der Waals surface area contributed by atoms with Crippen LogP contribution in [-0.4, -0.2) is 40.7 Å². The standard InChI is InChI=1S/C27H23BrN4O5S/c1-3-37-27(36)23-20-14-38-25(22(20)26(35)32(30-23)18-9-7-17(28)8-10-18)29-24(34)16-12-21(33)31(13-16)19-6-4-5-15(2)11-19/h4-11,14,16H,3,12-13H2,1-2H3,(H,29,34). The lowest BCUT2D eigenvalue weighted by molar-refractivity contribution is -0.122. The third kappa shape index (κ3) is 4.86. The van der Waals surface area contributed by atoms with Crippen molar-refractivity contribution >= 4 is 66.5 Å². The van der Waals surface area contributed by atoms with Crippen molar-refractivity contribution < 1.29 is 19.1 Å². The predicted octanol–water partition coefficient (Wildman–Crippen LogP) is 4.69. The summed E-state index contributed by atoms with van der Waals surface area (Å²) in [5.41, 5.74) is 1.69. The van der Waals surface area contributed by atoms with E-state index in [1.807, 2.05) is 31.2 Å². The lowest BCUT2D eigenvalue weighted by Gasteiger charge is -2.17. The summed E-state index contributed by atoms with van der Waals surface area (Å²) in [6, 6.07) is 14.4. The van der Waals surface area contributed by atoms with E-state index in [1.54, 1.807) is 41.5 Å². The smallest absolute Gasteiger partial charge is 0.359 e. The van der Waals surface area contributed by atoms with Gasteiger partial charge in [0, 0.05) is 33.9 Å². The molecule has 0 saturated carbocycles. The molecule has 3 heterocycles. The fourth-order valence-electron chi connectivity index (χ4n) is 4.39. The number of aryl methyl sites for hydroxylation is 1. The van der Waals surface area contributed by atoms with Crippen LogP contribution in [0.4, 0.5) is 10.7 Å². The van der Waals surface area contributed by atoms with Gasteiger partial charge >= 0.3 is 5.97 Å². The highest BCUT2D eigenvalue weighted by Crippen LogP contribution is 2.33. The van der Waals surface area contributed by atoms with E-state index in [1.165, 1.54) is 0 Å². The van der Waals surface area contributed by atoms with Crippen LogP contribution in [0.1, 0.15) is 29.4 Å². The van der Waals surface area contributed by atoms with Crippen LogP contribution < -0.4 is 15.8 Å². The number of anilines is 2. The Hall–Kier alpha value is -3.83. The maximum atomic E-state index is 13.6. The first kappa shape index (κ1) is 25.8. The molecule has 2 aromatic carbocycles. The molecular formula is C27H23BrN4O5S. The Bertz CT molecular complexity index is 1630. The molecule has 0 spiro atoms. The summed E-state index contributed by atoms with van der Waals surface area (Å²) in [7, 11) is 0. The number of carbonyl (C=O) groups is 3. The lowest BCUT2D eigenvalue weighted by Crippen LogP contribution is -2.29. The van der Waals surface area contributed by atoms with Gasteiger partial charge in [-0.05, 0) is 55.8 Å². The highest BCUT2D eigenvalue weighted by Gasteiger charge is 2.36. The quantitative estimate of drug-likeness (QED) is 0.324. The molecule has 2 amide bonds. The molecule has 1 unspecified atom stereocenters. The van der Waals surface area contributed by atoms with Gasteiger partial charge in [0.25, 0.3) is 5.56 Å². The van der Waals surface area contributed by atoms with Crippen LogP contribution in [0, 0.1) is 12.8 Å². The number of benzene rings is 2. The summed E-state index contributed by atoms with van der Waals surface area (Å²) in [5, 5.41) is 9.49. The second kappa shape index (κ2) is 10.5. The van der Waals surface area contributed by atoms with Crippen molar-refractivity contribution in [2.45, 2.75) is 20.3 Å². The molecule has 0 radical (unpaired) electrons. The van der Waals surface area contributed by atoms with Crippen LogP contribution >= 0.6 is 27.3 Å². The number of halogens is 1. The number of rotatable bonds is 6. The topological polar surface area (TPSA) is 111 Å². The third-order valence-electron chi connectivity index (χ3n) is 6.24. The van der Waals surface area contributed by atoms with Crippen LogP contribution in [0.25, 0.3) is 16.5 Å².